The molecule has 0 aromatic rings. The van der Waals surface area contributed by atoms with Crippen LogP contribution in [0, 0.1) is 5.92 Å². The number of ether oxygens (including phenoxy) is 2. The van der Waals surface area contributed by atoms with E-state index in [2.05, 4.69) is 13.8 Å². The number of nitrogens with zero attached hydrogens (tertiary/aromatic N) is 2. The maximum atomic E-state index is 11.2. The Morgan fingerprint density at radius 1 is 0.862 bits per heavy atom. The van der Waals surface area contributed by atoms with Gasteiger partial charge in [0, 0.05) is 46.4 Å². The number of amides is 2. The predicted octanol–water partition coefficient (Wildman–Crippen LogP) is 2.91. The molecule has 7 nitrogen and oxygen atoms in total. The van der Waals surface area contributed by atoms with Gasteiger partial charge in [-0.05, 0) is 25.7 Å². The molecular weight excluding hydrogens is 372 g/mol. The molecule has 7 heteroatoms. The molecule has 2 aliphatic rings. The van der Waals surface area contributed by atoms with E-state index >= 15 is 0 Å². The number of Topliss-reactive ketones (excluding diaryl/α,β-unsaturated/α-hetero) is 1. The zero-order valence-corrected chi connectivity index (χ0v) is 19.5. The van der Waals surface area contributed by atoms with Crippen LogP contribution in [0.4, 0.5) is 0 Å². The molecule has 0 aromatic heterocycles. The Morgan fingerprint density at radius 3 is 1.72 bits per heavy atom. The van der Waals surface area contributed by atoms with Gasteiger partial charge in [-0.1, -0.05) is 27.7 Å². The van der Waals surface area contributed by atoms with Crippen LogP contribution in [0.15, 0.2) is 0 Å². The van der Waals surface area contributed by atoms with Crippen LogP contribution in [-0.4, -0.2) is 79.0 Å². The van der Waals surface area contributed by atoms with Gasteiger partial charge in [0.15, 0.2) is 0 Å². The number of hydrogen-bond acceptors (Lipinski definition) is 5. The SMILES string of the molecule is CC.CC(=O)CC1CN(C(C)=O)CCO1.CC(=O)N1CCOC(CCC(C)C)C1. The van der Waals surface area contributed by atoms with Crippen molar-refractivity contribution in [2.45, 2.75) is 79.9 Å². The molecule has 2 rings (SSSR count). The molecule has 0 saturated carbocycles. The van der Waals surface area contributed by atoms with Crippen LogP contribution < -0.4 is 0 Å². The van der Waals surface area contributed by atoms with Crippen molar-refractivity contribution in [1.29, 1.82) is 0 Å². The maximum Gasteiger partial charge on any atom is 0.219 e. The van der Waals surface area contributed by atoms with Gasteiger partial charge in [-0.25, -0.2) is 0 Å². The van der Waals surface area contributed by atoms with Gasteiger partial charge < -0.3 is 19.3 Å². The predicted molar refractivity (Wildman–Crippen MR) is 115 cm³/mol. The molecule has 2 atom stereocenters. The number of ketones is 1. The van der Waals surface area contributed by atoms with Crippen molar-refractivity contribution in [1.82, 2.24) is 9.80 Å². The molecule has 170 valence electrons. The largest absolute Gasteiger partial charge is 0.375 e. The Morgan fingerprint density at radius 2 is 1.31 bits per heavy atom. The van der Waals surface area contributed by atoms with E-state index < -0.39 is 0 Å². The van der Waals surface area contributed by atoms with Crippen molar-refractivity contribution >= 4 is 17.6 Å². The molecule has 2 aliphatic heterocycles. The van der Waals surface area contributed by atoms with Crippen LogP contribution in [0.3, 0.4) is 0 Å². The molecule has 0 spiro atoms. The first-order valence-electron chi connectivity index (χ1n) is 10.9. The molecule has 2 amide bonds. The van der Waals surface area contributed by atoms with E-state index in [4.69, 9.17) is 9.47 Å². The fraction of sp³-hybridized carbons (Fsp3) is 0.864. The van der Waals surface area contributed by atoms with Crippen LogP contribution in [0.25, 0.3) is 0 Å². The zero-order chi connectivity index (χ0) is 22.4. The van der Waals surface area contributed by atoms with Gasteiger partial charge in [-0.2, -0.15) is 0 Å². The van der Waals surface area contributed by atoms with Gasteiger partial charge in [0.05, 0.1) is 25.4 Å². The third-order valence-corrected chi connectivity index (χ3v) is 4.75. The highest BCUT2D eigenvalue weighted by molar-refractivity contribution is 5.76. The van der Waals surface area contributed by atoms with Gasteiger partial charge in [-0.3, -0.25) is 14.4 Å². The van der Waals surface area contributed by atoms with Crippen molar-refractivity contribution in [3.63, 3.8) is 0 Å². The quantitative estimate of drug-likeness (QED) is 0.691. The first-order chi connectivity index (χ1) is 13.7. The van der Waals surface area contributed by atoms with Crippen LogP contribution >= 0.6 is 0 Å². The molecule has 2 heterocycles. The van der Waals surface area contributed by atoms with E-state index in [1.54, 1.807) is 11.8 Å². The van der Waals surface area contributed by atoms with Crippen LogP contribution in [0.2, 0.25) is 0 Å². The molecule has 2 unspecified atom stereocenters. The van der Waals surface area contributed by atoms with Gasteiger partial charge in [0.25, 0.3) is 0 Å². The van der Waals surface area contributed by atoms with E-state index in [-0.39, 0.29) is 29.8 Å². The highest BCUT2D eigenvalue weighted by Gasteiger charge is 2.23. The van der Waals surface area contributed by atoms with Crippen molar-refractivity contribution in [3.8, 4) is 0 Å². The molecular formula is C22H42N2O5. The Hall–Kier alpha value is -1.47. The number of carbonyl (C=O) groups excluding carboxylic acids is 3. The number of hydrogen-bond donors (Lipinski definition) is 0. The Kier molecular flexibility index (Phi) is 14.6. The minimum absolute atomic E-state index is 0.0526. The summed E-state index contributed by atoms with van der Waals surface area (Å²) >= 11 is 0. The lowest BCUT2D eigenvalue weighted by atomic mass is 10.0. The van der Waals surface area contributed by atoms with Gasteiger partial charge in [-0.15, -0.1) is 0 Å². The van der Waals surface area contributed by atoms with Crippen molar-refractivity contribution in [2.75, 3.05) is 39.4 Å². The third kappa shape index (κ3) is 12.6. The summed E-state index contributed by atoms with van der Waals surface area (Å²) in [4.78, 5) is 36.6. The lowest BCUT2D eigenvalue weighted by Gasteiger charge is -2.32. The van der Waals surface area contributed by atoms with Crippen molar-refractivity contribution in [2.24, 2.45) is 5.92 Å². The van der Waals surface area contributed by atoms with E-state index in [1.807, 2.05) is 18.7 Å². The average Bonchev–Trinajstić information content (AvgIpc) is 2.68. The van der Waals surface area contributed by atoms with E-state index in [9.17, 15) is 14.4 Å². The Labute approximate surface area is 177 Å². The standard InChI is InChI=1S/C11H21NO2.C9H15NO3.C2H6/c1-9(2)4-5-11-8-12(10(3)13)6-7-14-11;1-7(11)5-9-6-10(8(2)12)3-4-13-9;1-2/h9,11H,4-8H2,1-3H3;9H,3-6H2,1-2H3;1-2H3. The first kappa shape index (κ1) is 27.5. The lowest BCUT2D eigenvalue weighted by Crippen LogP contribution is -2.45. The van der Waals surface area contributed by atoms with Crippen LogP contribution in [0.1, 0.15) is 67.7 Å². The van der Waals surface area contributed by atoms with E-state index in [1.165, 1.54) is 20.3 Å². The molecule has 0 aliphatic carbocycles. The Bertz CT molecular complexity index is 496. The molecule has 0 bridgehead atoms. The molecule has 29 heavy (non-hydrogen) atoms. The summed E-state index contributed by atoms with van der Waals surface area (Å²) in [6, 6.07) is 0. The van der Waals surface area contributed by atoms with Gasteiger partial charge in [0.2, 0.25) is 11.8 Å². The summed E-state index contributed by atoms with van der Waals surface area (Å²) in [6.45, 7) is 17.1. The lowest BCUT2D eigenvalue weighted by molar-refractivity contribution is -0.138. The second-order valence-corrected chi connectivity index (χ2v) is 7.79. The monoisotopic (exact) mass is 414 g/mol. The third-order valence-electron chi connectivity index (χ3n) is 4.75. The van der Waals surface area contributed by atoms with Crippen LogP contribution in [0.5, 0.6) is 0 Å². The summed E-state index contributed by atoms with van der Waals surface area (Å²) in [5, 5.41) is 0. The summed E-state index contributed by atoms with van der Waals surface area (Å²) in [7, 11) is 0. The zero-order valence-electron chi connectivity index (χ0n) is 19.5. The number of carbonyl (C=O) groups is 3. The molecule has 0 N–H and O–H groups in total. The molecule has 0 radical (unpaired) electrons. The second kappa shape index (κ2) is 15.4. The van der Waals surface area contributed by atoms with Gasteiger partial charge in [0.1, 0.15) is 5.78 Å². The summed E-state index contributed by atoms with van der Waals surface area (Å²) in [6.07, 6.45) is 2.81. The second-order valence-electron chi connectivity index (χ2n) is 7.79. The molecule has 2 fully saturated rings. The van der Waals surface area contributed by atoms with E-state index in [0.29, 0.717) is 38.6 Å². The number of rotatable bonds is 5. The average molecular weight is 415 g/mol. The highest BCUT2D eigenvalue weighted by Crippen LogP contribution is 2.14. The number of morpholine rings is 2. The van der Waals surface area contributed by atoms with Crippen molar-refractivity contribution in [3.05, 3.63) is 0 Å². The minimum Gasteiger partial charge on any atom is -0.375 e. The molecule has 0 aromatic carbocycles. The highest BCUT2D eigenvalue weighted by atomic mass is 16.5. The summed E-state index contributed by atoms with van der Waals surface area (Å²) in [5.41, 5.74) is 0. The topological polar surface area (TPSA) is 76.2 Å². The fourth-order valence-corrected chi connectivity index (χ4v) is 3.15. The van der Waals surface area contributed by atoms with Crippen LogP contribution in [-0.2, 0) is 23.9 Å². The maximum absolute atomic E-state index is 11.2. The Balaban J connectivity index is 0.000000499. The smallest absolute Gasteiger partial charge is 0.219 e. The summed E-state index contributed by atoms with van der Waals surface area (Å²) in [5.74, 6) is 1.04. The van der Waals surface area contributed by atoms with Crippen molar-refractivity contribution < 1.29 is 23.9 Å². The fourth-order valence-electron chi connectivity index (χ4n) is 3.15. The summed E-state index contributed by atoms with van der Waals surface area (Å²) < 4.78 is 11.0. The van der Waals surface area contributed by atoms with E-state index in [0.717, 1.165) is 19.5 Å². The normalized spacial score (nSPS) is 21.5. The minimum atomic E-state index is -0.102. The first-order valence-corrected chi connectivity index (χ1v) is 10.9. The molecule has 2 saturated heterocycles. The van der Waals surface area contributed by atoms with Gasteiger partial charge >= 0.3 is 0 Å².